The van der Waals surface area contributed by atoms with Gasteiger partial charge in [-0.25, -0.2) is 0 Å². The van der Waals surface area contributed by atoms with E-state index in [1.165, 1.54) is 17.8 Å². The van der Waals surface area contributed by atoms with E-state index in [2.05, 4.69) is 10.2 Å². The lowest BCUT2D eigenvalue weighted by atomic mass is 10.1. The minimum absolute atomic E-state index is 0.00556. The van der Waals surface area contributed by atoms with Crippen LogP contribution in [-0.4, -0.2) is 19.7 Å². The summed E-state index contributed by atoms with van der Waals surface area (Å²) in [6.07, 6.45) is 0. The third kappa shape index (κ3) is 3.33. The minimum atomic E-state index is -0.393. The molecule has 2 aromatic rings. The van der Waals surface area contributed by atoms with Crippen molar-refractivity contribution in [3.05, 3.63) is 39.9 Å². The minimum Gasteiger partial charge on any atom is -0.368 e. The maximum Gasteiger partial charge on any atom is 0.269 e. The summed E-state index contributed by atoms with van der Waals surface area (Å²) in [6.45, 7) is 5.98. The number of nitrogen functional groups attached to an aromatic ring is 1. The lowest BCUT2D eigenvalue weighted by Crippen LogP contribution is -2.07. The highest BCUT2D eigenvalue weighted by molar-refractivity contribution is 7.99. The van der Waals surface area contributed by atoms with Crippen LogP contribution in [0.2, 0.25) is 0 Å². The zero-order valence-corrected chi connectivity index (χ0v) is 12.9. The maximum atomic E-state index is 10.8. The number of non-ortho nitro benzene ring substituents is 1. The first-order valence-electron chi connectivity index (χ1n) is 6.51. The van der Waals surface area contributed by atoms with Gasteiger partial charge in [-0.05, 0) is 26.3 Å². The van der Waals surface area contributed by atoms with Crippen molar-refractivity contribution in [2.24, 2.45) is 0 Å². The Morgan fingerprint density at radius 2 is 2.05 bits per heavy atom. The molecular formula is C13H17N5O2S. The Morgan fingerprint density at radius 3 is 2.67 bits per heavy atom. The fourth-order valence-corrected chi connectivity index (χ4v) is 3.08. The molecule has 2 N–H and O–H groups in total. The molecular weight excluding hydrogens is 290 g/mol. The number of rotatable bonds is 5. The first-order chi connectivity index (χ1) is 9.90. The van der Waals surface area contributed by atoms with Gasteiger partial charge in [0.1, 0.15) is 0 Å². The number of nitro benzene ring substituents is 1. The van der Waals surface area contributed by atoms with Crippen LogP contribution in [-0.2, 0) is 0 Å². The summed E-state index contributed by atoms with van der Waals surface area (Å²) < 4.78 is 1.85. The summed E-state index contributed by atoms with van der Waals surface area (Å²) in [5.41, 5.74) is 6.76. The van der Waals surface area contributed by atoms with Crippen molar-refractivity contribution in [2.75, 3.05) is 5.73 Å². The molecule has 112 valence electrons. The van der Waals surface area contributed by atoms with Gasteiger partial charge in [0.2, 0.25) is 5.95 Å². The molecule has 0 amide bonds. The van der Waals surface area contributed by atoms with Crippen LogP contribution in [0.4, 0.5) is 11.6 Å². The molecule has 0 bridgehead atoms. The molecule has 1 heterocycles. The summed E-state index contributed by atoms with van der Waals surface area (Å²) in [5, 5.41) is 19.5. The molecule has 0 spiro atoms. The molecule has 0 fully saturated rings. The molecule has 0 aliphatic heterocycles. The number of thioether (sulfide) groups is 1. The number of hydrogen-bond acceptors (Lipinski definition) is 6. The molecule has 1 atom stereocenters. The molecule has 0 saturated heterocycles. The third-order valence-corrected chi connectivity index (χ3v) is 4.15. The predicted octanol–water partition coefficient (Wildman–Crippen LogP) is 3.20. The topological polar surface area (TPSA) is 99.9 Å². The van der Waals surface area contributed by atoms with Gasteiger partial charge < -0.3 is 5.73 Å². The second kappa shape index (κ2) is 6.13. The third-order valence-electron chi connectivity index (χ3n) is 3.04. The molecule has 1 aromatic carbocycles. The molecule has 2 rings (SSSR count). The molecule has 0 saturated carbocycles. The van der Waals surface area contributed by atoms with Gasteiger partial charge in [-0.2, -0.15) is 0 Å². The largest absolute Gasteiger partial charge is 0.368 e. The van der Waals surface area contributed by atoms with Crippen LogP contribution in [0.1, 0.15) is 37.6 Å². The zero-order chi connectivity index (χ0) is 15.6. The summed E-state index contributed by atoms with van der Waals surface area (Å²) >= 11 is 1.48. The van der Waals surface area contributed by atoms with E-state index in [0.717, 1.165) is 5.56 Å². The van der Waals surface area contributed by atoms with E-state index in [1.807, 2.05) is 31.4 Å². The van der Waals surface area contributed by atoms with Gasteiger partial charge in [0.05, 0.1) is 4.92 Å². The van der Waals surface area contributed by atoms with Gasteiger partial charge in [-0.15, -0.1) is 10.2 Å². The first-order valence-corrected chi connectivity index (χ1v) is 7.39. The predicted molar refractivity (Wildman–Crippen MR) is 82.2 cm³/mol. The first kappa shape index (κ1) is 15.3. The molecule has 7 nitrogen and oxygen atoms in total. The summed E-state index contributed by atoms with van der Waals surface area (Å²) in [6, 6.07) is 6.77. The fraction of sp³-hybridized carbons (Fsp3) is 0.385. The molecule has 0 radical (unpaired) electrons. The molecule has 0 aliphatic rings. The molecule has 21 heavy (non-hydrogen) atoms. The number of nitro groups is 1. The van der Waals surface area contributed by atoms with Crippen molar-refractivity contribution in [3.8, 4) is 0 Å². The highest BCUT2D eigenvalue weighted by atomic mass is 32.2. The number of nitrogens with two attached hydrogens (primary N) is 1. The van der Waals surface area contributed by atoms with Crippen LogP contribution in [0, 0.1) is 10.1 Å². The average molecular weight is 307 g/mol. The Morgan fingerprint density at radius 1 is 1.33 bits per heavy atom. The van der Waals surface area contributed by atoms with E-state index in [0.29, 0.717) is 11.1 Å². The normalized spacial score (nSPS) is 12.6. The smallest absolute Gasteiger partial charge is 0.269 e. The quantitative estimate of drug-likeness (QED) is 0.517. The van der Waals surface area contributed by atoms with Crippen molar-refractivity contribution < 1.29 is 4.92 Å². The number of hydrogen-bond donors (Lipinski definition) is 1. The number of anilines is 1. The van der Waals surface area contributed by atoms with Crippen LogP contribution in [0.5, 0.6) is 0 Å². The molecule has 0 aliphatic carbocycles. The zero-order valence-electron chi connectivity index (χ0n) is 12.1. The van der Waals surface area contributed by atoms with Crippen molar-refractivity contribution in [1.82, 2.24) is 14.8 Å². The molecule has 1 aromatic heterocycles. The number of benzene rings is 1. The van der Waals surface area contributed by atoms with E-state index in [9.17, 15) is 10.1 Å². The summed E-state index contributed by atoms with van der Waals surface area (Å²) in [4.78, 5) is 10.4. The van der Waals surface area contributed by atoms with Crippen molar-refractivity contribution in [1.29, 1.82) is 0 Å². The summed E-state index contributed by atoms with van der Waals surface area (Å²) in [7, 11) is 0. The van der Waals surface area contributed by atoms with E-state index < -0.39 is 4.92 Å². The van der Waals surface area contributed by atoms with E-state index >= 15 is 0 Å². The van der Waals surface area contributed by atoms with Gasteiger partial charge in [0.15, 0.2) is 5.16 Å². The molecule has 8 heteroatoms. The van der Waals surface area contributed by atoms with Gasteiger partial charge in [-0.3, -0.25) is 14.7 Å². The Bertz CT molecular complexity index is 656. The Kier molecular flexibility index (Phi) is 4.46. The van der Waals surface area contributed by atoms with Crippen molar-refractivity contribution >= 4 is 23.4 Å². The van der Waals surface area contributed by atoms with Crippen molar-refractivity contribution in [3.63, 3.8) is 0 Å². The Labute approximate surface area is 126 Å². The lowest BCUT2D eigenvalue weighted by Gasteiger charge is -2.14. The molecule has 1 unspecified atom stereocenters. The van der Waals surface area contributed by atoms with E-state index in [4.69, 9.17) is 5.73 Å². The van der Waals surface area contributed by atoms with Gasteiger partial charge >= 0.3 is 0 Å². The maximum absolute atomic E-state index is 10.8. The fourth-order valence-electron chi connectivity index (χ4n) is 1.97. The number of aromatic nitrogens is 3. The Balaban J connectivity index is 2.24. The number of nitrogens with zero attached hydrogens (tertiary/aromatic N) is 4. The van der Waals surface area contributed by atoms with Gasteiger partial charge in [0, 0.05) is 23.4 Å². The highest BCUT2D eigenvalue weighted by Crippen LogP contribution is 2.36. The SMILES string of the molecule is CC(Sc1nnc(N)n1C(C)C)c1cccc([N+](=O)[O-])c1. The lowest BCUT2D eigenvalue weighted by molar-refractivity contribution is -0.384. The highest BCUT2D eigenvalue weighted by Gasteiger charge is 2.18. The summed E-state index contributed by atoms with van der Waals surface area (Å²) in [5.74, 6) is 0.374. The van der Waals surface area contributed by atoms with Crippen LogP contribution in [0.25, 0.3) is 0 Å². The monoisotopic (exact) mass is 307 g/mol. The van der Waals surface area contributed by atoms with Crippen LogP contribution < -0.4 is 5.73 Å². The van der Waals surface area contributed by atoms with E-state index in [-0.39, 0.29) is 17.0 Å². The van der Waals surface area contributed by atoms with Crippen LogP contribution in [0.3, 0.4) is 0 Å². The average Bonchev–Trinajstić information content (AvgIpc) is 2.79. The standard InChI is InChI=1S/C13H17N5O2S/c1-8(2)17-12(14)15-16-13(17)21-9(3)10-5-4-6-11(7-10)18(19)20/h4-9H,1-3H3,(H2,14,15). The van der Waals surface area contributed by atoms with Gasteiger partial charge in [-0.1, -0.05) is 23.9 Å². The van der Waals surface area contributed by atoms with Crippen LogP contribution >= 0.6 is 11.8 Å². The van der Waals surface area contributed by atoms with E-state index in [1.54, 1.807) is 12.1 Å². The van der Waals surface area contributed by atoms with Crippen LogP contribution in [0.15, 0.2) is 29.4 Å². The van der Waals surface area contributed by atoms with Crippen molar-refractivity contribution in [2.45, 2.75) is 37.2 Å². The second-order valence-electron chi connectivity index (χ2n) is 4.92. The second-order valence-corrected chi connectivity index (χ2v) is 6.22. The Hall–Kier alpha value is -2.09. The van der Waals surface area contributed by atoms with Gasteiger partial charge in [0.25, 0.3) is 5.69 Å².